The lowest BCUT2D eigenvalue weighted by Crippen LogP contribution is -2.40. The molecule has 5 heteroatoms. The summed E-state index contributed by atoms with van der Waals surface area (Å²) < 4.78 is 6.26. The number of unbranched alkanes of at least 4 members (excludes halogenated alkanes) is 6. The molecule has 0 aliphatic heterocycles. The van der Waals surface area contributed by atoms with Crippen LogP contribution >= 0.6 is 15.9 Å². The lowest BCUT2D eigenvalue weighted by atomic mass is 9.99. The highest BCUT2D eigenvalue weighted by Crippen LogP contribution is 2.48. The lowest BCUT2D eigenvalue weighted by Gasteiger charge is -2.36. The third-order valence-electron chi connectivity index (χ3n) is 7.58. The van der Waals surface area contributed by atoms with Gasteiger partial charge in [0.1, 0.15) is 5.78 Å². The van der Waals surface area contributed by atoms with E-state index in [1.54, 1.807) is 0 Å². The maximum atomic E-state index is 12.1. The van der Waals surface area contributed by atoms with Gasteiger partial charge in [-0.3, -0.25) is 4.79 Å². The molecule has 4 unspecified atom stereocenters. The van der Waals surface area contributed by atoms with Gasteiger partial charge in [0.25, 0.3) is 0 Å². The van der Waals surface area contributed by atoms with Crippen molar-refractivity contribution in [2.45, 2.75) is 108 Å². The van der Waals surface area contributed by atoms with Crippen LogP contribution in [0.25, 0.3) is 0 Å². The molecule has 2 rings (SSSR count). The van der Waals surface area contributed by atoms with Gasteiger partial charge in [-0.1, -0.05) is 68.8 Å². The van der Waals surface area contributed by atoms with E-state index in [1.165, 1.54) is 44.9 Å². The summed E-state index contributed by atoms with van der Waals surface area (Å²) in [6.45, 7) is 13.7. The molecule has 0 saturated heterocycles. The van der Waals surface area contributed by atoms with Gasteiger partial charge in [0.2, 0.25) is 0 Å². The molecule has 164 valence electrons. The number of hydrogen-bond acceptors (Lipinski definition) is 3. The Morgan fingerprint density at radius 3 is 2.18 bits per heavy atom. The average Bonchev–Trinajstić information content (AvgIpc) is 3.08. The Hall–Kier alpha value is 0.287. The number of nitrogens with zero attached hydrogens (tertiary/aromatic N) is 1. The zero-order valence-corrected chi connectivity index (χ0v) is 21.8. The molecule has 4 atom stereocenters. The highest BCUT2D eigenvalue weighted by atomic mass is 79.9. The van der Waals surface area contributed by atoms with Crippen LogP contribution in [0.15, 0.2) is 0 Å². The molecule has 0 heterocycles. The quantitative estimate of drug-likeness (QED) is 0.186. The van der Waals surface area contributed by atoms with E-state index >= 15 is 0 Å². The number of hydrogen-bond donors (Lipinski definition) is 0. The Labute approximate surface area is 183 Å². The fraction of sp³-hybridized carbons (Fsp3) is 0.957. The number of carbonyl (C=O) groups excluding carboxylic acids is 1. The van der Waals surface area contributed by atoms with Gasteiger partial charge >= 0.3 is 0 Å². The molecular formula is C23H44BrNO2Si. The lowest BCUT2D eigenvalue weighted by molar-refractivity contribution is -0.122. The van der Waals surface area contributed by atoms with Crippen LogP contribution in [-0.2, 0) is 9.22 Å². The Morgan fingerprint density at radius 2 is 1.64 bits per heavy atom. The predicted octanol–water partition coefficient (Wildman–Crippen LogP) is 6.41. The molecule has 3 nitrogen and oxygen atoms in total. The van der Waals surface area contributed by atoms with Gasteiger partial charge in [-0.25, -0.2) is 0 Å². The first kappa shape index (κ1) is 24.6. The number of halogens is 1. The van der Waals surface area contributed by atoms with Gasteiger partial charge < -0.3 is 9.33 Å². The van der Waals surface area contributed by atoms with E-state index in [1.807, 2.05) is 0 Å². The van der Waals surface area contributed by atoms with Crippen LogP contribution in [0.3, 0.4) is 0 Å². The molecule has 0 amide bonds. The maximum absolute atomic E-state index is 12.1. The number of rotatable bonds is 12. The van der Waals surface area contributed by atoms with E-state index < -0.39 is 8.32 Å². The number of fused-ring (bicyclic) bond motifs is 2. The third kappa shape index (κ3) is 6.39. The fourth-order valence-corrected chi connectivity index (χ4v) is 6.69. The van der Waals surface area contributed by atoms with Crippen molar-refractivity contribution in [3.05, 3.63) is 0 Å². The van der Waals surface area contributed by atoms with Gasteiger partial charge in [0.05, 0.1) is 0 Å². The SMILES string of the molecule is CN(CCCCCCCCCO[Si](C)(C)C(C)(C)C)C1C2CC(Br)C1CC2=O. The van der Waals surface area contributed by atoms with Gasteiger partial charge in [0, 0.05) is 29.8 Å². The van der Waals surface area contributed by atoms with E-state index in [-0.39, 0.29) is 0 Å². The molecule has 2 aliphatic carbocycles. The van der Waals surface area contributed by atoms with Crippen molar-refractivity contribution in [1.82, 2.24) is 4.90 Å². The molecule has 0 aromatic heterocycles. The van der Waals surface area contributed by atoms with Crippen molar-refractivity contribution >= 4 is 30.0 Å². The highest BCUT2D eigenvalue weighted by Gasteiger charge is 2.53. The zero-order chi connectivity index (χ0) is 20.9. The number of alkyl halides is 1. The smallest absolute Gasteiger partial charge is 0.191 e. The average molecular weight is 475 g/mol. The van der Waals surface area contributed by atoms with Crippen molar-refractivity contribution in [2.75, 3.05) is 20.2 Å². The van der Waals surface area contributed by atoms with Crippen LogP contribution in [0.1, 0.15) is 78.6 Å². The van der Waals surface area contributed by atoms with Crippen molar-refractivity contribution in [3.8, 4) is 0 Å². The van der Waals surface area contributed by atoms with Crippen LogP contribution in [0.5, 0.6) is 0 Å². The molecule has 0 N–H and O–H groups in total. The Balaban J connectivity index is 1.47. The van der Waals surface area contributed by atoms with Crippen molar-refractivity contribution in [3.63, 3.8) is 0 Å². The van der Waals surface area contributed by atoms with Gasteiger partial charge in [-0.05, 0) is 56.9 Å². The minimum absolute atomic E-state index is 0.299. The minimum atomic E-state index is -1.56. The largest absolute Gasteiger partial charge is 0.417 e. The van der Waals surface area contributed by atoms with Gasteiger partial charge in [-0.2, -0.15) is 0 Å². The first-order valence-corrected chi connectivity index (χ1v) is 15.4. The fourth-order valence-electron chi connectivity index (χ4n) is 4.70. The molecule has 2 aliphatic rings. The van der Waals surface area contributed by atoms with E-state index in [9.17, 15) is 4.79 Å². The topological polar surface area (TPSA) is 29.5 Å². The molecular weight excluding hydrogens is 430 g/mol. The van der Waals surface area contributed by atoms with Crippen LogP contribution in [-0.4, -0.2) is 50.1 Å². The first-order valence-electron chi connectivity index (χ1n) is 11.6. The van der Waals surface area contributed by atoms with Crippen LogP contribution in [0.4, 0.5) is 0 Å². The molecule has 0 aromatic carbocycles. The van der Waals surface area contributed by atoms with Gasteiger partial charge in [-0.15, -0.1) is 0 Å². The van der Waals surface area contributed by atoms with E-state index in [4.69, 9.17) is 4.43 Å². The molecule has 28 heavy (non-hydrogen) atoms. The molecule has 0 spiro atoms. The summed E-state index contributed by atoms with van der Waals surface area (Å²) in [5.41, 5.74) is 0. The van der Waals surface area contributed by atoms with Crippen molar-refractivity contribution in [2.24, 2.45) is 11.8 Å². The van der Waals surface area contributed by atoms with E-state index in [0.717, 1.165) is 26.0 Å². The Bertz CT molecular complexity index is 505. The number of carbonyl (C=O) groups is 1. The molecule has 2 bridgehead atoms. The van der Waals surface area contributed by atoms with Crippen LogP contribution in [0, 0.1) is 11.8 Å². The summed E-state index contributed by atoms with van der Waals surface area (Å²) in [6.07, 6.45) is 11.0. The van der Waals surface area contributed by atoms with E-state index in [2.05, 4.69) is 61.7 Å². The highest BCUT2D eigenvalue weighted by molar-refractivity contribution is 9.09. The van der Waals surface area contributed by atoms with Gasteiger partial charge in [0.15, 0.2) is 8.32 Å². The van der Waals surface area contributed by atoms with Crippen LogP contribution < -0.4 is 0 Å². The molecule has 0 radical (unpaired) electrons. The minimum Gasteiger partial charge on any atom is -0.417 e. The number of Topliss-reactive ketones (excluding diaryl/α,β-unsaturated/α-hetero) is 1. The summed E-state index contributed by atoms with van der Waals surface area (Å²) in [4.78, 5) is 15.1. The summed E-state index contributed by atoms with van der Waals surface area (Å²) in [5, 5.41) is 0.320. The third-order valence-corrected chi connectivity index (χ3v) is 13.2. The summed E-state index contributed by atoms with van der Waals surface area (Å²) in [6, 6.07) is 0.498. The second-order valence-corrected chi connectivity index (χ2v) is 16.7. The summed E-state index contributed by atoms with van der Waals surface area (Å²) in [7, 11) is 0.677. The molecule has 2 saturated carbocycles. The van der Waals surface area contributed by atoms with E-state index in [0.29, 0.717) is 33.5 Å². The second-order valence-electron chi connectivity index (χ2n) is 10.7. The Morgan fingerprint density at radius 1 is 1.07 bits per heavy atom. The first-order chi connectivity index (χ1) is 13.0. The second kappa shape index (κ2) is 10.5. The molecule has 2 fully saturated rings. The maximum Gasteiger partial charge on any atom is 0.191 e. The standard InChI is InChI=1S/C23H44BrNO2Si/c1-23(2,3)28(5,6)27-15-13-11-9-7-8-10-12-14-25(4)22-18-17-21(26)19(22)16-20(18)24/h18-20,22H,7-17H2,1-6H3. The van der Waals surface area contributed by atoms with Crippen LogP contribution in [0.2, 0.25) is 18.1 Å². The monoisotopic (exact) mass is 473 g/mol. The molecule has 0 aromatic rings. The Kier molecular flexibility index (Phi) is 9.25. The summed E-state index contributed by atoms with van der Waals surface area (Å²) >= 11 is 3.79. The van der Waals surface area contributed by atoms with Crippen molar-refractivity contribution in [1.29, 1.82) is 0 Å². The summed E-state index contributed by atoms with van der Waals surface area (Å²) in [5.74, 6) is 1.36. The zero-order valence-electron chi connectivity index (χ0n) is 19.2. The number of ketones is 1. The predicted molar refractivity (Wildman–Crippen MR) is 126 cm³/mol. The van der Waals surface area contributed by atoms with Crippen molar-refractivity contribution < 1.29 is 9.22 Å². The normalized spacial score (nSPS) is 27.9.